The fourth-order valence-electron chi connectivity index (χ4n) is 2.08. The summed E-state index contributed by atoms with van der Waals surface area (Å²) >= 11 is 0. The Labute approximate surface area is 104 Å². The summed E-state index contributed by atoms with van der Waals surface area (Å²) in [5, 5.41) is 0. The summed E-state index contributed by atoms with van der Waals surface area (Å²) in [6.45, 7) is 2.66. The van der Waals surface area contributed by atoms with Gasteiger partial charge in [0.05, 0.1) is 6.54 Å². The van der Waals surface area contributed by atoms with Crippen LogP contribution in [0.25, 0.3) is 0 Å². The molecule has 1 atom stereocenters. The quantitative estimate of drug-likeness (QED) is 0.755. The van der Waals surface area contributed by atoms with E-state index in [4.69, 9.17) is 12.2 Å². The highest BCUT2D eigenvalue weighted by molar-refractivity contribution is 5.18. The molecule has 90 valence electrons. The molecule has 2 nitrogen and oxygen atoms in total. The van der Waals surface area contributed by atoms with Crippen LogP contribution in [0.3, 0.4) is 0 Å². The molecule has 0 bridgehead atoms. The smallest absolute Gasteiger partial charge is 0.0599 e. The zero-order valence-corrected chi connectivity index (χ0v) is 10.2. The zero-order valence-electron chi connectivity index (χ0n) is 10.2. The molecule has 0 radical (unpaired) electrons. The second-order valence-electron chi connectivity index (χ2n) is 4.86. The molecule has 2 N–H and O–H groups in total. The molecule has 1 aromatic carbocycles. The van der Waals surface area contributed by atoms with Crippen molar-refractivity contribution in [1.82, 2.24) is 4.90 Å². The number of nitrogens with zero attached hydrogens (tertiary/aromatic N) is 1. The van der Waals surface area contributed by atoms with Crippen molar-refractivity contribution in [1.29, 1.82) is 0 Å². The van der Waals surface area contributed by atoms with Gasteiger partial charge in [-0.2, -0.15) is 0 Å². The Hall–Kier alpha value is -1.30. The van der Waals surface area contributed by atoms with Crippen molar-refractivity contribution in [2.75, 3.05) is 19.6 Å². The third kappa shape index (κ3) is 3.89. The number of hydrogen-bond donors (Lipinski definition) is 1. The van der Waals surface area contributed by atoms with Crippen LogP contribution in [-0.4, -0.2) is 24.5 Å². The van der Waals surface area contributed by atoms with Crippen LogP contribution in [-0.2, 0) is 0 Å². The van der Waals surface area contributed by atoms with E-state index in [-0.39, 0.29) is 6.04 Å². The predicted octanol–water partition coefficient (Wildman–Crippen LogP) is 2.03. The summed E-state index contributed by atoms with van der Waals surface area (Å²) in [6.07, 6.45) is 8.11. The molecule has 0 aliphatic heterocycles. The lowest BCUT2D eigenvalue weighted by atomic mass is 10.1. The maximum Gasteiger partial charge on any atom is 0.0599 e. The molecular formula is C15H20N2. The van der Waals surface area contributed by atoms with Crippen molar-refractivity contribution >= 4 is 0 Å². The third-order valence-electron chi connectivity index (χ3n) is 3.21. The Morgan fingerprint density at radius 1 is 1.35 bits per heavy atom. The molecule has 2 heteroatoms. The summed E-state index contributed by atoms with van der Waals surface area (Å²) < 4.78 is 0. The number of hydrogen-bond acceptors (Lipinski definition) is 2. The molecule has 1 saturated carbocycles. The van der Waals surface area contributed by atoms with Crippen LogP contribution in [0.5, 0.6) is 0 Å². The Kier molecular flexibility index (Phi) is 4.19. The molecule has 0 saturated heterocycles. The van der Waals surface area contributed by atoms with E-state index in [2.05, 4.69) is 23.0 Å². The summed E-state index contributed by atoms with van der Waals surface area (Å²) in [5.41, 5.74) is 7.40. The minimum absolute atomic E-state index is 0.0586. The zero-order chi connectivity index (χ0) is 12.1. The fraction of sp³-hybridized carbons (Fsp3) is 0.467. The van der Waals surface area contributed by atoms with Gasteiger partial charge in [-0.05, 0) is 24.3 Å². The van der Waals surface area contributed by atoms with E-state index < -0.39 is 0 Å². The molecule has 1 unspecified atom stereocenters. The highest BCUT2D eigenvalue weighted by Crippen LogP contribution is 2.30. The molecule has 2 rings (SSSR count). The maximum absolute atomic E-state index is 6.21. The minimum atomic E-state index is 0.0586. The Balaban J connectivity index is 1.90. The first kappa shape index (κ1) is 12.2. The second kappa shape index (κ2) is 5.86. The van der Waals surface area contributed by atoms with E-state index in [9.17, 15) is 0 Å². The van der Waals surface area contributed by atoms with Crippen LogP contribution >= 0.6 is 0 Å². The molecular weight excluding hydrogens is 208 g/mol. The first-order chi connectivity index (χ1) is 8.29. The SMILES string of the molecule is C#CCN(CC1CC1)CC(N)c1ccccc1. The van der Waals surface area contributed by atoms with Crippen molar-refractivity contribution in [2.45, 2.75) is 18.9 Å². The standard InChI is InChI=1S/C15H20N2/c1-2-10-17(11-13-8-9-13)12-15(16)14-6-4-3-5-7-14/h1,3-7,13,15H,8-12,16H2. The van der Waals surface area contributed by atoms with E-state index in [1.165, 1.54) is 18.4 Å². The van der Waals surface area contributed by atoms with Gasteiger partial charge in [0, 0.05) is 19.1 Å². The molecule has 1 fully saturated rings. The molecule has 0 aromatic heterocycles. The molecule has 1 aliphatic rings. The summed E-state index contributed by atoms with van der Waals surface area (Å²) in [4.78, 5) is 2.30. The van der Waals surface area contributed by atoms with Gasteiger partial charge in [0.2, 0.25) is 0 Å². The van der Waals surface area contributed by atoms with E-state index in [1.54, 1.807) is 0 Å². The average molecular weight is 228 g/mol. The molecule has 1 aliphatic carbocycles. The van der Waals surface area contributed by atoms with Crippen LogP contribution in [0.2, 0.25) is 0 Å². The summed E-state index contributed by atoms with van der Waals surface area (Å²) in [5.74, 6) is 3.58. The van der Waals surface area contributed by atoms with Crippen molar-refractivity contribution < 1.29 is 0 Å². The van der Waals surface area contributed by atoms with Crippen LogP contribution < -0.4 is 5.73 Å². The van der Waals surface area contributed by atoms with Gasteiger partial charge in [0.1, 0.15) is 0 Å². The van der Waals surface area contributed by atoms with E-state index in [0.717, 1.165) is 19.0 Å². The monoisotopic (exact) mass is 228 g/mol. The summed E-state index contributed by atoms with van der Waals surface area (Å²) in [7, 11) is 0. The van der Waals surface area contributed by atoms with Gasteiger partial charge >= 0.3 is 0 Å². The van der Waals surface area contributed by atoms with Crippen LogP contribution in [0, 0.1) is 18.3 Å². The number of benzene rings is 1. The second-order valence-corrected chi connectivity index (χ2v) is 4.86. The molecule has 0 heterocycles. The molecule has 0 spiro atoms. The number of rotatable bonds is 6. The fourth-order valence-corrected chi connectivity index (χ4v) is 2.08. The summed E-state index contributed by atoms with van der Waals surface area (Å²) in [6, 6.07) is 10.3. The van der Waals surface area contributed by atoms with Crippen molar-refractivity contribution in [3.63, 3.8) is 0 Å². The maximum atomic E-state index is 6.21. The van der Waals surface area contributed by atoms with Gasteiger partial charge in [0.25, 0.3) is 0 Å². The number of terminal acetylenes is 1. The Morgan fingerprint density at radius 3 is 2.65 bits per heavy atom. The van der Waals surface area contributed by atoms with E-state index >= 15 is 0 Å². The van der Waals surface area contributed by atoms with Gasteiger partial charge in [-0.25, -0.2) is 0 Å². The normalized spacial score (nSPS) is 16.8. The van der Waals surface area contributed by atoms with Crippen molar-refractivity contribution in [3.05, 3.63) is 35.9 Å². The van der Waals surface area contributed by atoms with Crippen molar-refractivity contribution in [3.8, 4) is 12.3 Å². The predicted molar refractivity (Wildman–Crippen MR) is 71.4 cm³/mol. The van der Waals surface area contributed by atoms with Gasteiger partial charge in [-0.15, -0.1) is 6.42 Å². The van der Waals surface area contributed by atoms with E-state index in [1.807, 2.05) is 18.2 Å². The minimum Gasteiger partial charge on any atom is -0.323 e. The highest BCUT2D eigenvalue weighted by atomic mass is 15.1. The largest absolute Gasteiger partial charge is 0.323 e. The van der Waals surface area contributed by atoms with E-state index in [0.29, 0.717) is 6.54 Å². The molecule has 0 amide bonds. The Bertz CT molecular complexity index is 376. The van der Waals surface area contributed by atoms with Gasteiger partial charge in [-0.1, -0.05) is 36.3 Å². The topological polar surface area (TPSA) is 29.3 Å². The van der Waals surface area contributed by atoms with Crippen LogP contribution in [0.15, 0.2) is 30.3 Å². The lowest BCUT2D eigenvalue weighted by Gasteiger charge is -2.23. The van der Waals surface area contributed by atoms with Gasteiger partial charge in [0.15, 0.2) is 0 Å². The third-order valence-corrected chi connectivity index (χ3v) is 3.21. The van der Waals surface area contributed by atoms with Crippen LogP contribution in [0.4, 0.5) is 0 Å². The molecule has 17 heavy (non-hydrogen) atoms. The first-order valence-electron chi connectivity index (χ1n) is 6.26. The van der Waals surface area contributed by atoms with Crippen LogP contribution in [0.1, 0.15) is 24.4 Å². The lowest BCUT2D eigenvalue weighted by Crippen LogP contribution is -2.34. The lowest BCUT2D eigenvalue weighted by molar-refractivity contribution is 0.276. The first-order valence-corrected chi connectivity index (χ1v) is 6.26. The average Bonchev–Trinajstić information content (AvgIpc) is 3.14. The van der Waals surface area contributed by atoms with Gasteiger partial charge in [-0.3, -0.25) is 4.90 Å². The Morgan fingerprint density at radius 2 is 2.06 bits per heavy atom. The molecule has 1 aromatic rings. The van der Waals surface area contributed by atoms with Gasteiger partial charge < -0.3 is 5.73 Å². The van der Waals surface area contributed by atoms with Crippen molar-refractivity contribution in [2.24, 2.45) is 11.7 Å². The number of nitrogens with two attached hydrogens (primary N) is 1. The highest BCUT2D eigenvalue weighted by Gasteiger charge is 2.24.